The molecule has 0 radical (unpaired) electrons. The molecule has 1 aliphatic heterocycles. The zero-order chi connectivity index (χ0) is 13.0. The SMILES string of the molecule is COc1ccccc1N1CC(CC#N)OCC1=O. The molecule has 1 aromatic carbocycles. The molecule has 0 saturated carbocycles. The first-order chi connectivity index (χ1) is 8.76. The Hall–Kier alpha value is -2.06. The number of morpholine rings is 1. The first-order valence-electron chi connectivity index (χ1n) is 5.68. The van der Waals surface area contributed by atoms with Gasteiger partial charge < -0.3 is 14.4 Å². The molecule has 1 saturated heterocycles. The van der Waals surface area contributed by atoms with E-state index in [1.54, 1.807) is 18.1 Å². The number of nitriles is 1. The highest BCUT2D eigenvalue weighted by Gasteiger charge is 2.28. The Morgan fingerprint density at radius 1 is 1.56 bits per heavy atom. The number of amides is 1. The third-order valence-electron chi connectivity index (χ3n) is 2.82. The Kier molecular flexibility index (Phi) is 3.80. The molecule has 5 heteroatoms. The van der Waals surface area contributed by atoms with Gasteiger partial charge in [0.15, 0.2) is 0 Å². The highest BCUT2D eigenvalue weighted by Crippen LogP contribution is 2.29. The van der Waals surface area contributed by atoms with E-state index in [0.717, 1.165) is 5.69 Å². The van der Waals surface area contributed by atoms with E-state index in [1.165, 1.54) is 0 Å². The minimum absolute atomic E-state index is 0.00436. The molecular formula is C13H14N2O3. The predicted molar refractivity (Wildman–Crippen MR) is 65.3 cm³/mol. The minimum atomic E-state index is -0.238. The molecule has 0 aliphatic carbocycles. The van der Waals surface area contributed by atoms with Gasteiger partial charge >= 0.3 is 0 Å². The van der Waals surface area contributed by atoms with Gasteiger partial charge in [0.2, 0.25) is 0 Å². The summed E-state index contributed by atoms with van der Waals surface area (Å²) >= 11 is 0. The van der Waals surface area contributed by atoms with Crippen LogP contribution in [0.2, 0.25) is 0 Å². The van der Waals surface area contributed by atoms with E-state index in [-0.39, 0.29) is 25.0 Å². The van der Waals surface area contributed by atoms with E-state index in [4.69, 9.17) is 14.7 Å². The molecule has 0 spiro atoms. The van der Waals surface area contributed by atoms with E-state index in [2.05, 4.69) is 6.07 Å². The number of ether oxygens (including phenoxy) is 2. The summed E-state index contributed by atoms with van der Waals surface area (Å²) < 4.78 is 10.5. The van der Waals surface area contributed by atoms with E-state index >= 15 is 0 Å². The van der Waals surface area contributed by atoms with Crippen LogP contribution >= 0.6 is 0 Å². The van der Waals surface area contributed by atoms with Gasteiger partial charge in [0.05, 0.1) is 37.9 Å². The number of carbonyl (C=O) groups is 1. The molecule has 1 amide bonds. The van der Waals surface area contributed by atoms with Crippen LogP contribution in [-0.4, -0.2) is 32.3 Å². The van der Waals surface area contributed by atoms with Gasteiger partial charge in [0.25, 0.3) is 5.91 Å². The van der Waals surface area contributed by atoms with Crippen LogP contribution in [0.4, 0.5) is 5.69 Å². The lowest BCUT2D eigenvalue weighted by Gasteiger charge is -2.32. The van der Waals surface area contributed by atoms with E-state index < -0.39 is 0 Å². The van der Waals surface area contributed by atoms with Crippen molar-refractivity contribution >= 4 is 11.6 Å². The van der Waals surface area contributed by atoms with Gasteiger partial charge in [-0.3, -0.25) is 4.79 Å². The van der Waals surface area contributed by atoms with Gasteiger partial charge in [-0.2, -0.15) is 5.26 Å². The monoisotopic (exact) mass is 246 g/mol. The lowest BCUT2D eigenvalue weighted by atomic mass is 10.2. The molecule has 1 atom stereocenters. The van der Waals surface area contributed by atoms with Gasteiger partial charge in [-0.25, -0.2) is 0 Å². The summed E-state index contributed by atoms with van der Waals surface area (Å²) in [5.41, 5.74) is 0.719. The topological polar surface area (TPSA) is 62.6 Å². The highest BCUT2D eigenvalue weighted by molar-refractivity contribution is 5.96. The Morgan fingerprint density at radius 2 is 2.33 bits per heavy atom. The molecular weight excluding hydrogens is 232 g/mol. The van der Waals surface area contributed by atoms with Crippen molar-refractivity contribution in [3.05, 3.63) is 24.3 Å². The van der Waals surface area contributed by atoms with Crippen molar-refractivity contribution in [2.24, 2.45) is 0 Å². The molecule has 18 heavy (non-hydrogen) atoms. The number of benzene rings is 1. The average Bonchev–Trinajstić information content (AvgIpc) is 2.41. The Balaban J connectivity index is 2.24. The average molecular weight is 246 g/mol. The number of hydrogen-bond acceptors (Lipinski definition) is 4. The minimum Gasteiger partial charge on any atom is -0.495 e. The van der Waals surface area contributed by atoms with Crippen molar-refractivity contribution in [2.75, 3.05) is 25.2 Å². The molecule has 94 valence electrons. The lowest BCUT2D eigenvalue weighted by Crippen LogP contribution is -2.46. The second kappa shape index (κ2) is 5.52. The van der Waals surface area contributed by atoms with Crippen LogP contribution in [0.15, 0.2) is 24.3 Å². The molecule has 1 aromatic rings. The summed E-state index contributed by atoms with van der Waals surface area (Å²) in [6.07, 6.45) is 0.0384. The number of hydrogen-bond donors (Lipinski definition) is 0. The van der Waals surface area contributed by atoms with Crippen molar-refractivity contribution in [1.82, 2.24) is 0 Å². The number of anilines is 1. The zero-order valence-corrected chi connectivity index (χ0v) is 10.1. The number of para-hydroxylation sites is 2. The van der Waals surface area contributed by atoms with Crippen LogP contribution in [0.5, 0.6) is 5.75 Å². The Morgan fingerprint density at radius 3 is 3.06 bits per heavy atom. The van der Waals surface area contributed by atoms with Gasteiger partial charge in [-0.1, -0.05) is 12.1 Å². The van der Waals surface area contributed by atoms with Crippen LogP contribution < -0.4 is 9.64 Å². The van der Waals surface area contributed by atoms with E-state index in [1.807, 2.05) is 18.2 Å². The number of methoxy groups -OCH3 is 1. The van der Waals surface area contributed by atoms with Gasteiger partial charge in [0, 0.05) is 0 Å². The first kappa shape index (κ1) is 12.4. The van der Waals surface area contributed by atoms with Crippen LogP contribution in [0.3, 0.4) is 0 Å². The Labute approximate surface area is 106 Å². The molecule has 0 bridgehead atoms. The molecule has 1 heterocycles. The molecule has 5 nitrogen and oxygen atoms in total. The second-order valence-electron chi connectivity index (χ2n) is 3.97. The smallest absolute Gasteiger partial charge is 0.253 e. The van der Waals surface area contributed by atoms with Gasteiger partial charge in [-0.05, 0) is 12.1 Å². The fourth-order valence-corrected chi connectivity index (χ4v) is 1.94. The molecule has 2 rings (SSSR count). The maximum atomic E-state index is 11.9. The third kappa shape index (κ3) is 2.44. The molecule has 0 aromatic heterocycles. The lowest BCUT2D eigenvalue weighted by molar-refractivity contribution is -0.129. The zero-order valence-electron chi connectivity index (χ0n) is 10.1. The van der Waals surface area contributed by atoms with Crippen molar-refractivity contribution in [3.8, 4) is 11.8 Å². The van der Waals surface area contributed by atoms with Crippen molar-refractivity contribution < 1.29 is 14.3 Å². The molecule has 1 unspecified atom stereocenters. The van der Waals surface area contributed by atoms with Crippen molar-refractivity contribution in [3.63, 3.8) is 0 Å². The fourth-order valence-electron chi connectivity index (χ4n) is 1.94. The number of carbonyl (C=O) groups excluding carboxylic acids is 1. The first-order valence-corrected chi connectivity index (χ1v) is 5.68. The van der Waals surface area contributed by atoms with E-state index in [9.17, 15) is 4.79 Å². The summed E-state index contributed by atoms with van der Waals surface area (Å²) in [6.45, 7) is 0.386. The summed E-state index contributed by atoms with van der Waals surface area (Å²) in [6, 6.07) is 9.38. The Bertz CT molecular complexity index is 481. The summed E-state index contributed by atoms with van der Waals surface area (Å²) in [7, 11) is 1.57. The van der Waals surface area contributed by atoms with Gasteiger partial charge in [0.1, 0.15) is 12.4 Å². The fraction of sp³-hybridized carbons (Fsp3) is 0.385. The predicted octanol–water partition coefficient (Wildman–Crippen LogP) is 1.34. The maximum Gasteiger partial charge on any atom is 0.253 e. The second-order valence-corrected chi connectivity index (χ2v) is 3.97. The summed E-state index contributed by atoms with van der Waals surface area (Å²) in [4.78, 5) is 13.5. The normalized spacial score (nSPS) is 19.4. The quantitative estimate of drug-likeness (QED) is 0.807. The molecule has 1 fully saturated rings. The van der Waals surface area contributed by atoms with Gasteiger partial charge in [-0.15, -0.1) is 0 Å². The maximum absolute atomic E-state index is 11.9. The van der Waals surface area contributed by atoms with Crippen LogP contribution in [0.25, 0.3) is 0 Å². The largest absolute Gasteiger partial charge is 0.495 e. The van der Waals surface area contributed by atoms with Crippen LogP contribution in [0, 0.1) is 11.3 Å². The third-order valence-corrected chi connectivity index (χ3v) is 2.82. The molecule has 0 N–H and O–H groups in total. The van der Waals surface area contributed by atoms with Crippen molar-refractivity contribution in [1.29, 1.82) is 5.26 Å². The highest BCUT2D eigenvalue weighted by atomic mass is 16.5. The standard InChI is InChI=1S/C13H14N2O3/c1-17-12-5-3-2-4-11(12)15-8-10(6-7-14)18-9-13(15)16/h2-5,10H,6,8-9H2,1H3. The summed E-state index contributed by atoms with van der Waals surface area (Å²) in [5.74, 6) is 0.525. The number of nitrogens with zero attached hydrogens (tertiary/aromatic N) is 2. The van der Waals surface area contributed by atoms with E-state index in [0.29, 0.717) is 12.3 Å². The van der Waals surface area contributed by atoms with Crippen molar-refractivity contribution in [2.45, 2.75) is 12.5 Å². The van der Waals surface area contributed by atoms with Crippen LogP contribution in [0.1, 0.15) is 6.42 Å². The molecule has 1 aliphatic rings. The summed E-state index contributed by atoms with van der Waals surface area (Å²) in [5, 5.41) is 8.68. The van der Waals surface area contributed by atoms with Crippen LogP contribution in [-0.2, 0) is 9.53 Å². The number of rotatable bonds is 3.